The number of para-hydroxylation sites is 1. The zero-order valence-corrected chi connectivity index (χ0v) is 16.6. The molecule has 7 heteroatoms. The van der Waals surface area contributed by atoms with Crippen molar-refractivity contribution in [1.29, 1.82) is 0 Å². The predicted molar refractivity (Wildman–Crippen MR) is 111 cm³/mol. The van der Waals surface area contributed by atoms with Crippen LogP contribution in [-0.4, -0.2) is 22.1 Å². The first kappa shape index (κ1) is 18.2. The summed E-state index contributed by atoms with van der Waals surface area (Å²) in [5.41, 5.74) is 2.15. The van der Waals surface area contributed by atoms with Gasteiger partial charge in [0.1, 0.15) is 12.4 Å². The zero-order valence-electron chi connectivity index (χ0n) is 15.0. The van der Waals surface area contributed by atoms with Crippen LogP contribution in [0.1, 0.15) is 5.56 Å². The van der Waals surface area contributed by atoms with E-state index in [-0.39, 0.29) is 5.56 Å². The first-order valence-electron chi connectivity index (χ1n) is 8.54. The molecule has 6 nitrogen and oxygen atoms in total. The number of aromatic amines is 1. The molecule has 0 amide bonds. The van der Waals surface area contributed by atoms with E-state index >= 15 is 0 Å². The van der Waals surface area contributed by atoms with Crippen molar-refractivity contribution in [1.82, 2.24) is 15.0 Å². The summed E-state index contributed by atoms with van der Waals surface area (Å²) in [5.74, 6) is 1.57. The van der Waals surface area contributed by atoms with Crippen LogP contribution >= 0.6 is 15.9 Å². The molecule has 2 aromatic heterocycles. The minimum atomic E-state index is -0.186. The van der Waals surface area contributed by atoms with Crippen LogP contribution < -0.4 is 15.0 Å². The Kier molecular flexibility index (Phi) is 5.08. The molecule has 0 aliphatic heterocycles. The highest BCUT2D eigenvalue weighted by Crippen LogP contribution is 2.39. The standard InChI is InChI=1S/C21H16BrN3O3/c1-27-18-11-14(20-24-17-5-3-2-4-15(17)21(26)25-20)10-16(22)19(18)28-12-13-6-8-23-9-7-13/h2-11H,12H2,1H3,(H,24,25,26). The van der Waals surface area contributed by atoms with Crippen molar-refractivity contribution in [2.24, 2.45) is 0 Å². The molecular formula is C21H16BrN3O3. The van der Waals surface area contributed by atoms with Gasteiger partial charge in [-0.15, -0.1) is 0 Å². The number of hydrogen-bond donors (Lipinski definition) is 1. The predicted octanol–water partition coefficient (Wildman–Crippen LogP) is 4.34. The summed E-state index contributed by atoms with van der Waals surface area (Å²) in [6.07, 6.45) is 3.44. The van der Waals surface area contributed by atoms with Gasteiger partial charge in [-0.2, -0.15) is 0 Å². The minimum Gasteiger partial charge on any atom is -0.493 e. The SMILES string of the molecule is COc1cc(-c2nc3ccccc3c(=O)[nH]2)cc(Br)c1OCc1ccncc1. The lowest BCUT2D eigenvalue weighted by Gasteiger charge is -2.14. The highest BCUT2D eigenvalue weighted by atomic mass is 79.9. The number of nitrogens with zero attached hydrogens (tertiary/aromatic N) is 2. The molecule has 0 fully saturated rings. The molecule has 4 aromatic rings. The molecule has 0 spiro atoms. The normalized spacial score (nSPS) is 10.8. The Morgan fingerprint density at radius 2 is 1.89 bits per heavy atom. The van der Waals surface area contributed by atoms with Crippen LogP contribution in [0.3, 0.4) is 0 Å². The Balaban J connectivity index is 1.72. The molecule has 140 valence electrons. The Morgan fingerprint density at radius 3 is 2.68 bits per heavy atom. The maximum Gasteiger partial charge on any atom is 0.259 e. The number of pyridine rings is 1. The number of ether oxygens (including phenoxy) is 2. The first-order valence-corrected chi connectivity index (χ1v) is 9.33. The van der Waals surface area contributed by atoms with Crippen LogP contribution in [0.2, 0.25) is 0 Å². The summed E-state index contributed by atoms with van der Waals surface area (Å²) in [5, 5.41) is 0.551. The van der Waals surface area contributed by atoms with Crippen molar-refractivity contribution in [2.75, 3.05) is 7.11 Å². The third kappa shape index (κ3) is 3.61. The monoisotopic (exact) mass is 437 g/mol. The lowest BCUT2D eigenvalue weighted by Crippen LogP contribution is -2.09. The van der Waals surface area contributed by atoms with Crippen molar-refractivity contribution in [3.63, 3.8) is 0 Å². The molecular weight excluding hydrogens is 422 g/mol. The molecule has 4 rings (SSSR count). The van der Waals surface area contributed by atoms with Gasteiger partial charge in [-0.1, -0.05) is 12.1 Å². The number of halogens is 1. The van der Waals surface area contributed by atoms with Gasteiger partial charge in [0.05, 0.1) is 22.5 Å². The van der Waals surface area contributed by atoms with E-state index in [0.717, 1.165) is 5.56 Å². The van der Waals surface area contributed by atoms with Crippen LogP contribution in [0.4, 0.5) is 0 Å². The molecule has 0 bridgehead atoms. The summed E-state index contributed by atoms with van der Waals surface area (Å²) in [7, 11) is 1.57. The molecule has 0 aliphatic carbocycles. The van der Waals surface area contributed by atoms with Crippen LogP contribution in [0, 0.1) is 0 Å². The van der Waals surface area contributed by atoms with Crippen LogP contribution in [0.15, 0.2) is 70.2 Å². The van der Waals surface area contributed by atoms with Crippen LogP contribution in [-0.2, 0) is 6.61 Å². The number of fused-ring (bicyclic) bond motifs is 1. The van der Waals surface area contributed by atoms with Gasteiger partial charge >= 0.3 is 0 Å². The van der Waals surface area contributed by atoms with E-state index in [9.17, 15) is 4.79 Å². The van der Waals surface area contributed by atoms with Gasteiger partial charge in [0.15, 0.2) is 11.5 Å². The van der Waals surface area contributed by atoms with Crippen LogP contribution in [0.25, 0.3) is 22.3 Å². The summed E-state index contributed by atoms with van der Waals surface area (Å²) in [6.45, 7) is 0.377. The molecule has 1 N–H and O–H groups in total. The van der Waals surface area contributed by atoms with Crippen molar-refractivity contribution in [3.8, 4) is 22.9 Å². The Bertz CT molecular complexity index is 1190. The van der Waals surface area contributed by atoms with Crippen molar-refractivity contribution in [2.45, 2.75) is 6.61 Å². The number of hydrogen-bond acceptors (Lipinski definition) is 5. The average Bonchev–Trinajstić information content (AvgIpc) is 2.73. The third-order valence-electron chi connectivity index (χ3n) is 4.25. The van der Waals surface area contributed by atoms with E-state index in [1.54, 1.807) is 31.6 Å². The summed E-state index contributed by atoms with van der Waals surface area (Å²) in [4.78, 5) is 23.8. The number of methoxy groups -OCH3 is 1. The highest BCUT2D eigenvalue weighted by molar-refractivity contribution is 9.10. The number of rotatable bonds is 5. The average molecular weight is 438 g/mol. The second-order valence-corrected chi connectivity index (χ2v) is 6.92. The number of benzene rings is 2. The molecule has 0 radical (unpaired) electrons. The second kappa shape index (κ2) is 7.82. The summed E-state index contributed by atoms with van der Waals surface area (Å²) in [6, 6.07) is 14.6. The van der Waals surface area contributed by atoms with Gasteiger partial charge in [0.25, 0.3) is 5.56 Å². The number of nitrogens with one attached hydrogen (secondary N) is 1. The van der Waals surface area contributed by atoms with Gasteiger partial charge in [0.2, 0.25) is 0 Å². The zero-order chi connectivity index (χ0) is 19.5. The second-order valence-electron chi connectivity index (χ2n) is 6.07. The molecule has 0 atom stereocenters. The van der Waals surface area contributed by atoms with E-state index < -0.39 is 0 Å². The molecule has 0 unspecified atom stereocenters. The quantitative estimate of drug-likeness (QED) is 0.502. The van der Waals surface area contributed by atoms with E-state index in [0.29, 0.717) is 44.9 Å². The van der Waals surface area contributed by atoms with Gasteiger partial charge < -0.3 is 14.5 Å². The minimum absolute atomic E-state index is 0.186. The Hall–Kier alpha value is -3.19. The van der Waals surface area contributed by atoms with Gasteiger partial charge in [-0.3, -0.25) is 9.78 Å². The van der Waals surface area contributed by atoms with Gasteiger partial charge in [-0.25, -0.2) is 4.98 Å². The first-order chi connectivity index (χ1) is 13.7. The largest absolute Gasteiger partial charge is 0.493 e. The fourth-order valence-corrected chi connectivity index (χ4v) is 3.41. The van der Waals surface area contributed by atoms with Crippen LogP contribution in [0.5, 0.6) is 11.5 Å². The van der Waals surface area contributed by atoms with E-state index in [2.05, 4.69) is 30.9 Å². The molecule has 0 aliphatic rings. The molecule has 0 saturated carbocycles. The maximum absolute atomic E-state index is 12.4. The fourth-order valence-electron chi connectivity index (χ4n) is 2.85. The van der Waals surface area contributed by atoms with Crippen molar-refractivity contribution in [3.05, 3.63) is 81.3 Å². The fraction of sp³-hybridized carbons (Fsp3) is 0.0952. The van der Waals surface area contributed by atoms with E-state index in [1.807, 2.05) is 36.4 Å². The smallest absolute Gasteiger partial charge is 0.259 e. The van der Waals surface area contributed by atoms with Crippen molar-refractivity contribution < 1.29 is 9.47 Å². The molecule has 2 heterocycles. The number of aromatic nitrogens is 3. The summed E-state index contributed by atoms with van der Waals surface area (Å²) < 4.78 is 12.1. The molecule has 0 saturated heterocycles. The summed E-state index contributed by atoms with van der Waals surface area (Å²) >= 11 is 3.54. The Labute approximate surface area is 169 Å². The highest BCUT2D eigenvalue weighted by Gasteiger charge is 2.15. The third-order valence-corrected chi connectivity index (χ3v) is 4.84. The maximum atomic E-state index is 12.4. The lowest BCUT2D eigenvalue weighted by molar-refractivity contribution is 0.282. The van der Waals surface area contributed by atoms with Gasteiger partial charge in [0, 0.05) is 18.0 Å². The molecule has 28 heavy (non-hydrogen) atoms. The van der Waals surface area contributed by atoms with E-state index in [1.165, 1.54) is 0 Å². The van der Waals surface area contributed by atoms with E-state index in [4.69, 9.17) is 9.47 Å². The van der Waals surface area contributed by atoms with Crippen molar-refractivity contribution >= 4 is 26.8 Å². The molecule has 2 aromatic carbocycles. The lowest BCUT2D eigenvalue weighted by atomic mass is 10.1. The van der Waals surface area contributed by atoms with Gasteiger partial charge in [-0.05, 0) is 57.9 Å². The number of H-pyrrole nitrogens is 1. The Morgan fingerprint density at radius 1 is 1.11 bits per heavy atom. The topological polar surface area (TPSA) is 77.1 Å².